The minimum atomic E-state index is -1.04. The minimum Gasteiger partial charge on any atom is -0.512 e. The van der Waals surface area contributed by atoms with Crippen molar-refractivity contribution in [3.63, 3.8) is 0 Å². The Kier molecular flexibility index (Phi) is 8.49. The number of carbonyl (C=O) groups is 2. The van der Waals surface area contributed by atoms with E-state index in [4.69, 9.17) is 4.74 Å². The fourth-order valence-corrected chi connectivity index (χ4v) is 6.71. The molecule has 1 unspecified atom stereocenters. The highest BCUT2D eigenvalue weighted by atomic mass is 16.6. The number of benzene rings is 1. The molecule has 43 heavy (non-hydrogen) atoms. The third-order valence-corrected chi connectivity index (χ3v) is 8.79. The quantitative estimate of drug-likeness (QED) is 0.245. The number of nitrogens with one attached hydrogen (secondary N) is 1. The van der Waals surface area contributed by atoms with Crippen LogP contribution in [0.5, 0.6) is 0 Å². The maximum atomic E-state index is 13.5. The van der Waals surface area contributed by atoms with Crippen LogP contribution in [0.25, 0.3) is 5.78 Å². The van der Waals surface area contributed by atoms with Crippen LogP contribution in [0.4, 0.5) is 4.79 Å². The Morgan fingerprint density at radius 1 is 1.16 bits per heavy atom. The molecule has 0 saturated heterocycles. The highest BCUT2D eigenvalue weighted by Crippen LogP contribution is 2.46. The number of rotatable bonds is 9. The number of ether oxygens (including phenoxy) is 1. The molecule has 1 amide bonds. The number of hydrogen-bond donors (Lipinski definition) is 3. The van der Waals surface area contributed by atoms with E-state index in [0.29, 0.717) is 30.9 Å². The van der Waals surface area contributed by atoms with Crippen molar-refractivity contribution in [3.8, 4) is 0 Å². The Labute approximate surface area is 252 Å². The minimum absolute atomic E-state index is 0.0468. The second kappa shape index (κ2) is 12.0. The summed E-state index contributed by atoms with van der Waals surface area (Å²) in [6, 6.07) is 9.61. The van der Waals surface area contributed by atoms with Gasteiger partial charge in [-0.3, -0.25) is 0 Å². The van der Waals surface area contributed by atoms with Crippen LogP contribution >= 0.6 is 0 Å². The Balaban J connectivity index is 1.34. The Hall–Kier alpha value is -3.95. The van der Waals surface area contributed by atoms with Crippen molar-refractivity contribution in [2.75, 3.05) is 0 Å². The summed E-state index contributed by atoms with van der Waals surface area (Å²) in [5.41, 5.74) is 3.10. The maximum absolute atomic E-state index is 13.5. The SMILES string of the molecule is Cc1cc(C)n2nc(CC3=C(O)CC(CCc4ccc([C@@H](CC(C)(C)C)NC(=O)O)cc4)(C4CCCC4)OC3=O)nc2n1. The van der Waals surface area contributed by atoms with Gasteiger partial charge in [-0.25, -0.2) is 19.1 Å². The number of hydrogen-bond acceptors (Lipinski definition) is 7. The van der Waals surface area contributed by atoms with E-state index in [1.54, 1.807) is 4.52 Å². The molecule has 230 valence electrons. The molecule has 1 aliphatic carbocycles. The van der Waals surface area contributed by atoms with E-state index < -0.39 is 17.7 Å². The molecule has 2 aliphatic rings. The first-order chi connectivity index (χ1) is 20.3. The summed E-state index contributed by atoms with van der Waals surface area (Å²) >= 11 is 0. The van der Waals surface area contributed by atoms with Crippen LogP contribution in [-0.4, -0.2) is 47.5 Å². The standard InChI is InChI=1S/C33H43N5O5/c1-20-16-21(2)38-30(34-20)36-28(37-38)17-25-27(39)19-33(43-29(25)40,24-8-6-7-9-24)15-14-22-10-12-23(13-11-22)26(35-31(41)42)18-32(3,4)5/h10-13,16,24,26,35,39H,6-9,14-15,17-19H2,1-5H3,(H,41,42)/t26-,33?/m1/s1. The van der Waals surface area contributed by atoms with Crippen molar-refractivity contribution in [1.82, 2.24) is 24.9 Å². The summed E-state index contributed by atoms with van der Waals surface area (Å²) in [6.45, 7) is 10.1. The van der Waals surface area contributed by atoms with E-state index in [0.717, 1.165) is 48.2 Å². The lowest BCUT2D eigenvalue weighted by Gasteiger charge is -2.41. The molecule has 3 aromatic rings. The number of cyclic esters (lactones) is 1. The van der Waals surface area contributed by atoms with E-state index in [1.165, 1.54) is 0 Å². The molecule has 1 fully saturated rings. The van der Waals surface area contributed by atoms with Crippen LogP contribution in [0.2, 0.25) is 0 Å². The Morgan fingerprint density at radius 3 is 2.49 bits per heavy atom. The van der Waals surface area contributed by atoms with Crippen molar-refractivity contribution in [2.24, 2.45) is 11.3 Å². The molecule has 0 bridgehead atoms. The van der Waals surface area contributed by atoms with Gasteiger partial charge in [0.05, 0.1) is 11.6 Å². The van der Waals surface area contributed by atoms with Crippen LogP contribution in [0.3, 0.4) is 0 Å². The van der Waals surface area contributed by atoms with Gasteiger partial charge in [0.25, 0.3) is 5.78 Å². The molecule has 10 nitrogen and oxygen atoms in total. The molecular weight excluding hydrogens is 546 g/mol. The van der Waals surface area contributed by atoms with Crippen molar-refractivity contribution in [2.45, 2.75) is 104 Å². The summed E-state index contributed by atoms with van der Waals surface area (Å²) in [5, 5.41) is 27.8. The summed E-state index contributed by atoms with van der Waals surface area (Å²) in [5.74, 6) is 0.610. The summed E-state index contributed by atoms with van der Waals surface area (Å²) < 4.78 is 7.95. The molecule has 5 rings (SSSR count). The number of nitrogens with zero attached hydrogens (tertiary/aromatic N) is 4. The summed E-state index contributed by atoms with van der Waals surface area (Å²) in [4.78, 5) is 33.8. The number of amides is 1. The second-order valence-corrected chi connectivity index (χ2v) is 13.5. The van der Waals surface area contributed by atoms with Crippen molar-refractivity contribution < 1.29 is 24.5 Å². The van der Waals surface area contributed by atoms with Crippen molar-refractivity contribution in [1.29, 1.82) is 0 Å². The van der Waals surface area contributed by atoms with Crippen LogP contribution in [-0.2, 0) is 22.4 Å². The molecule has 3 heterocycles. The molecule has 3 N–H and O–H groups in total. The fourth-order valence-electron chi connectivity index (χ4n) is 6.71. The molecule has 1 aliphatic heterocycles. The normalized spacial score (nSPS) is 20.4. The zero-order valence-corrected chi connectivity index (χ0v) is 25.8. The van der Waals surface area contributed by atoms with Gasteiger partial charge < -0.3 is 20.3 Å². The summed E-state index contributed by atoms with van der Waals surface area (Å²) in [6.07, 6.45) is 5.33. The van der Waals surface area contributed by atoms with E-state index >= 15 is 0 Å². The van der Waals surface area contributed by atoms with Crippen molar-refractivity contribution >= 4 is 17.8 Å². The van der Waals surface area contributed by atoms with Gasteiger partial charge in [-0.2, -0.15) is 4.98 Å². The highest BCUT2D eigenvalue weighted by Gasteiger charge is 2.48. The number of aliphatic hydroxyl groups excluding tert-OH is 1. The molecule has 1 saturated carbocycles. The highest BCUT2D eigenvalue weighted by molar-refractivity contribution is 5.90. The van der Waals surface area contributed by atoms with Crippen LogP contribution < -0.4 is 5.32 Å². The van der Waals surface area contributed by atoms with Crippen LogP contribution in [0.1, 0.15) is 100 Å². The first kappa shape index (κ1) is 30.5. The average molecular weight is 590 g/mol. The Bertz CT molecular complexity index is 1530. The lowest BCUT2D eigenvalue weighted by atomic mass is 9.76. The zero-order chi connectivity index (χ0) is 30.9. The molecule has 1 aromatic carbocycles. The Morgan fingerprint density at radius 2 is 1.86 bits per heavy atom. The van der Waals surface area contributed by atoms with Gasteiger partial charge in [0, 0.05) is 24.2 Å². The third kappa shape index (κ3) is 7.00. The number of aryl methyl sites for hydroxylation is 3. The maximum Gasteiger partial charge on any atom is 0.405 e. The molecule has 0 spiro atoms. The average Bonchev–Trinajstić information content (AvgIpc) is 3.59. The third-order valence-electron chi connectivity index (χ3n) is 8.79. The van der Waals surface area contributed by atoms with E-state index in [2.05, 4.69) is 41.2 Å². The van der Waals surface area contributed by atoms with Gasteiger partial charge in [-0.1, -0.05) is 57.9 Å². The first-order valence-corrected chi connectivity index (χ1v) is 15.2. The number of carbonyl (C=O) groups excluding carboxylic acids is 1. The second-order valence-electron chi connectivity index (χ2n) is 13.5. The van der Waals surface area contributed by atoms with Crippen molar-refractivity contribution in [3.05, 3.63) is 70.0 Å². The number of aromatic nitrogens is 4. The number of fused-ring (bicyclic) bond motifs is 1. The van der Waals surface area contributed by atoms with Gasteiger partial charge >= 0.3 is 12.1 Å². The number of carboxylic acid groups (broad SMARTS) is 1. The zero-order valence-electron chi connectivity index (χ0n) is 25.8. The van der Waals surface area contributed by atoms with Gasteiger partial charge in [0.2, 0.25) is 0 Å². The largest absolute Gasteiger partial charge is 0.512 e. The van der Waals surface area contributed by atoms with Gasteiger partial charge in [0.1, 0.15) is 11.4 Å². The lowest BCUT2D eigenvalue weighted by Crippen LogP contribution is -2.46. The van der Waals surface area contributed by atoms with E-state index in [-0.39, 0.29) is 41.5 Å². The van der Waals surface area contributed by atoms with E-state index in [1.807, 2.05) is 44.2 Å². The molecule has 2 aromatic heterocycles. The predicted molar refractivity (Wildman–Crippen MR) is 162 cm³/mol. The van der Waals surface area contributed by atoms with Crippen LogP contribution in [0.15, 0.2) is 41.7 Å². The smallest absolute Gasteiger partial charge is 0.405 e. The monoisotopic (exact) mass is 589 g/mol. The number of aliphatic hydroxyl groups is 1. The van der Waals surface area contributed by atoms with E-state index in [9.17, 15) is 19.8 Å². The molecule has 10 heteroatoms. The first-order valence-electron chi connectivity index (χ1n) is 15.2. The molecular formula is C33H43N5O5. The van der Waals surface area contributed by atoms with Gasteiger partial charge in [0.15, 0.2) is 5.82 Å². The topological polar surface area (TPSA) is 139 Å². The number of esters is 1. The van der Waals surface area contributed by atoms with Gasteiger partial charge in [-0.15, -0.1) is 5.10 Å². The van der Waals surface area contributed by atoms with Gasteiger partial charge in [-0.05, 0) is 74.5 Å². The van der Waals surface area contributed by atoms with Crippen LogP contribution in [0, 0.1) is 25.2 Å². The molecule has 2 atom stereocenters. The fraction of sp³-hybridized carbons (Fsp3) is 0.545. The molecule has 0 radical (unpaired) electrons. The lowest BCUT2D eigenvalue weighted by molar-refractivity contribution is -0.167. The summed E-state index contributed by atoms with van der Waals surface area (Å²) in [7, 11) is 0. The predicted octanol–water partition coefficient (Wildman–Crippen LogP) is 6.35.